The average Bonchev–Trinajstić information content (AvgIpc) is 2.48. The van der Waals surface area contributed by atoms with Crippen molar-refractivity contribution >= 4 is 26.0 Å². The van der Waals surface area contributed by atoms with Gasteiger partial charge in [-0.05, 0) is 17.7 Å². The van der Waals surface area contributed by atoms with Crippen molar-refractivity contribution in [1.29, 1.82) is 0 Å². The molecule has 0 aromatic heterocycles. The van der Waals surface area contributed by atoms with Gasteiger partial charge in [-0.15, -0.1) is 0 Å². The Hall–Kier alpha value is -1.28. The van der Waals surface area contributed by atoms with Crippen LogP contribution in [-0.2, 0) is 23.2 Å². The molecule has 21 heavy (non-hydrogen) atoms. The molecular formula is C14H13BrFNO3S. The predicted molar refractivity (Wildman–Crippen MR) is 80.5 cm³/mol. The zero-order chi connectivity index (χ0) is 15.5. The van der Waals surface area contributed by atoms with E-state index in [2.05, 4.69) is 20.7 Å². The summed E-state index contributed by atoms with van der Waals surface area (Å²) in [4.78, 5) is -0.489. The molecule has 0 aliphatic rings. The molecule has 0 unspecified atom stereocenters. The van der Waals surface area contributed by atoms with E-state index >= 15 is 0 Å². The Balaban J connectivity index is 2.30. The number of rotatable bonds is 5. The number of halogens is 2. The van der Waals surface area contributed by atoms with Gasteiger partial charge in [-0.3, -0.25) is 0 Å². The van der Waals surface area contributed by atoms with Gasteiger partial charge < -0.3 is 5.11 Å². The van der Waals surface area contributed by atoms with Gasteiger partial charge in [0.05, 0.1) is 6.61 Å². The van der Waals surface area contributed by atoms with Crippen LogP contribution in [-0.4, -0.2) is 13.5 Å². The molecular weight excluding hydrogens is 361 g/mol. The second-order valence-electron chi connectivity index (χ2n) is 4.35. The van der Waals surface area contributed by atoms with Crippen LogP contribution in [0.5, 0.6) is 0 Å². The summed E-state index contributed by atoms with van der Waals surface area (Å²) in [7, 11) is -4.01. The monoisotopic (exact) mass is 373 g/mol. The predicted octanol–water partition coefficient (Wildman–Crippen LogP) is 2.56. The number of aliphatic hydroxyl groups excluding tert-OH is 1. The maximum atomic E-state index is 14.1. The van der Waals surface area contributed by atoms with Crippen molar-refractivity contribution in [2.24, 2.45) is 0 Å². The van der Waals surface area contributed by atoms with E-state index in [0.717, 1.165) is 5.56 Å². The second-order valence-corrected chi connectivity index (χ2v) is 7.00. The van der Waals surface area contributed by atoms with E-state index in [9.17, 15) is 12.8 Å². The molecule has 0 atom stereocenters. The first-order valence-corrected chi connectivity index (χ1v) is 8.34. The molecule has 2 rings (SSSR count). The quantitative estimate of drug-likeness (QED) is 0.846. The van der Waals surface area contributed by atoms with E-state index in [1.165, 1.54) is 12.1 Å². The van der Waals surface area contributed by atoms with Crippen molar-refractivity contribution in [3.8, 4) is 0 Å². The molecule has 4 nitrogen and oxygen atoms in total. The second kappa shape index (κ2) is 6.65. The van der Waals surface area contributed by atoms with Gasteiger partial charge in [0.2, 0.25) is 10.0 Å². The van der Waals surface area contributed by atoms with Gasteiger partial charge >= 0.3 is 0 Å². The normalized spacial score (nSPS) is 11.6. The first-order chi connectivity index (χ1) is 9.94. The van der Waals surface area contributed by atoms with Crippen molar-refractivity contribution in [1.82, 2.24) is 4.72 Å². The summed E-state index contributed by atoms with van der Waals surface area (Å²) in [5, 5.41) is 9.06. The first-order valence-electron chi connectivity index (χ1n) is 6.06. The Morgan fingerprint density at radius 3 is 2.48 bits per heavy atom. The lowest BCUT2D eigenvalue weighted by molar-refractivity contribution is 0.274. The first kappa shape index (κ1) is 16.1. The molecule has 0 fully saturated rings. The number of hydrogen-bond acceptors (Lipinski definition) is 3. The lowest BCUT2D eigenvalue weighted by Crippen LogP contribution is -2.24. The molecule has 0 aliphatic heterocycles. The summed E-state index contributed by atoms with van der Waals surface area (Å²) in [5.41, 5.74) is 0.684. The third-order valence-electron chi connectivity index (χ3n) is 2.85. The Bertz CT molecular complexity index is 735. The molecule has 0 saturated carbocycles. The summed E-state index contributed by atoms with van der Waals surface area (Å²) < 4.78 is 41.2. The number of hydrogen-bond donors (Lipinski definition) is 2. The zero-order valence-corrected chi connectivity index (χ0v) is 13.3. The van der Waals surface area contributed by atoms with Crippen LogP contribution >= 0.6 is 15.9 Å². The largest absolute Gasteiger partial charge is 0.392 e. The summed E-state index contributed by atoms with van der Waals surface area (Å²) in [5.74, 6) is -0.943. The highest BCUT2D eigenvalue weighted by molar-refractivity contribution is 9.10. The molecule has 2 N–H and O–H groups in total. The fourth-order valence-electron chi connectivity index (χ4n) is 1.78. The van der Waals surface area contributed by atoms with Crippen molar-refractivity contribution in [3.05, 3.63) is 63.9 Å². The SMILES string of the molecule is O=S(=O)(NCc1ccccc1)c1cc(Br)cc(CO)c1F. The molecule has 0 spiro atoms. The highest BCUT2D eigenvalue weighted by Gasteiger charge is 2.22. The van der Waals surface area contributed by atoms with Crippen LogP contribution in [0.4, 0.5) is 4.39 Å². The van der Waals surface area contributed by atoms with E-state index in [4.69, 9.17) is 5.11 Å². The summed E-state index contributed by atoms with van der Waals surface area (Å²) >= 11 is 3.11. The molecule has 0 amide bonds. The molecule has 2 aromatic carbocycles. The number of sulfonamides is 1. The Labute approximate surface area is 130 Å². The van der Waals surface area contributed by atoms with E-state index in [1.807, 2.05) is 6.07 Å². The minimum Gasteiger partial charge on any atom is -0.392 e. The standard InChI is InChI=1S/C14H13BrFNO3S/c15-12-6-11(9-18)14(16)13(7-12)21(19,20)17-8-10-4-2-1-3-5-10/h1-7,17-18H,8-9H2. The minimum absolute atomic E-state index is 0.0591. The van der Waals surface area contributed by atoms with Crippen LogP contribution in [0.2, 0.25) is 0 Å². The number of aliphatic hydroxyl groups is 1. The highest BCUT2D eigenvalue weighted by Crippen LogP contribution is 2.24. The van der Waals surface area contributed by atoms with Crippen molar-refractivity contribution in [3.63, 3.8) is 0 Å². The summed E-state index contributed by atoms with van der Waals surface area (Å²) in [6.07, 6.45) is 0. The van der Waals surface area contributed by atoms with Crippen LogP contribution in [0, 0.1) is 5.82 Å². The topological polar surface area (TPSA) is 66.4 Å². The van der Waals surface area contributed by atoms with Gasteiger partial charge in [0.15, 0.2) is 0 Å². The Morgan fingerprint density at radius 2 is 1.86 bits per heavy atom. The van der Waals surface area contributed by atoms with Gasteiger partial charge in [-0.2, -0.15) is 0 Å². The Kier molecular flexibility index (Phi) is 5.10. The highest BCUT2D eigenvalue weighted by atomic mass is 79.9. The molecule has 2 aromatic rings. The van der Waals surface area contributed by atoms with Gasteiger partial charge in [0.1, 0.15) is 10.7 Å². The van der Waals surface area contributed by atoms with Crippen molar-refractivity contribution < 1.29 is 17.9 Å². The van der Waals surface area contributed by atoms with Gasteiger partial charge in [0, 0.05) is 16.6 Å². The van der Waals surface area contributed by atoms with Crippen LogP contribution in [0.15, 0.2) is 51.8 Å². The number of nitrogens with one attached hydrogen (secondary N) is 1. The molecule has 0 aliphatic carbocycles. The molecule has 7 heteroatoms. The Morgan fingerprint density at radius 1 is 1.19 bits per heavy atom. The minimum atomic E-state index is -4.01. The fraction of sp³-hybridized carbons (Fsp3) is 0.143. The molecule has 0 saturated heterocycles. The van der Waals surface area contributed by atoms with Crippen molar-refractivity contribution in [2.45, 2.75) is 18.0 Å². The number of benzene rings is 2. The molecule has 0 radical (unpaired) electrons. The smallest absolute Gasteiger partial charge is 0.243 e. The van der Waals surface area contributed by atoms with Gasteiger partial charge in [0.25, 0.3) is 0 Å². The van der Waals surface area contributed by atoms with E-state index in [1.54, 1.807) is 24.3 Å². The van der Waals surface area contributed by atoms with E-state index < -0.39 is 27.3 Å². The van der Waals surface area contributed by atoms with E-state index in [-0.39, 0.29) is 12.1 Å². The average molecular weight is 374 g/mol. The molecule has 0 heterocycles. The van der Waals surface area contributed by atoms with Gasteiger partial charge in [-0.1, -0.05) is 46.3 Å². The van der Waals surface area contributed by atoms with Gasteiger partial charge in [-0.25, -0.2) is 17.5 Å². The summed E-state index contributed by atoms with van der Waals surface area (Å²) in [6.45, 7) is -0.518. The van der Waals surface area contributed by atoms with Crippen LogP contribution in [0.25, 0.3) is 0 Å². The lowest BCUT2D eigenvalue weighted by atomic mass is 10.2. The molecule has 0 bridgehead atoms. The van der Waals surface area contributed by atoms with E-state index in [0.29, 0.717) is 4.47 Å². The maximum absolute atomic E-state index is 14.1. The van der Waals surface area contributed by atoms with Crippen LogP contribution < -0.4 is 4.72 Å². The maximum Gasteiger partial charge on any atom is 0.243 e. The third-order valence-corrected chi connectivity index (χ3v) is 4.71. The third kappa shape index (κ3) is 3.88. The van der Waals surface area contributed by atoms with Crippen LogP contribution in [0.3, 0.4) is 0 Å². The summed E-state index contributed by atoms with van der Waals surface area (Å²) in [6, 6.07) is 11.4. The lowest BCUT2D eigenvalue weighted by Gasteiger charge is -2.10. The zero-order valence-electron chi connectivity index (χ0n) is 10.9. The molecule has 112 valence electrons. The van der Waals surface area contributed by atoms with Crippen molar-refractivity contribution in [2.75, 3.05) is 0 Å². The fourth-order valence-corrected chi connectivity index (χ4v) is 3.60. The van der Waals surface area contributed by atoms with Crippen LogP contribution in [0.1, 0.15) is 11.1 Å².